The van der Waals surface area contributed by atoms with Gasteiger partial charge in [0.05, 0.1) is 6.04 Å². The van der Waals surface area contributed by atoms with Gasteiger partial charge in [-0.1, -0.05) is 35.9 Å². The van der Waals surface area contributed by atoms with Crippen LogP contribution in [0, 0.1) is 6.92 Å². The van der Waals surface area contributed by atoms with Gasteiger partial charge in [-0.15, -0.1) is 17.9 Å². The summed E-state index contributed by atoms with van der Waals surface area (Å²) in [6.07, 6.45) is 2.44. The van der Waals surface area contributed by atoms with Gasteiger partial charge in [0.1, 0.15) is 18.9 Å². The van der Waals surface area contributed by atoms with Gasteiger partial charge in [0.25, 0.3) is 5.91 Å². The Morgan fingerprint density at radius 1 is 1.24 bits per heavy atom. The van der Waals surface area contributed by atoms with E-state index < -0.39 is 0 Å². The summed E-state index contributed by atoms with van der Waals surface area (Å²) in [5, 5.41) is 2.74. The SMILES string of the molecule is C=CCN(CC(=O)N1CCc2sccc2[C@H]1COc1ccc(Cl)c(C)c1)C(=O)c1ccccc1. The Kier molecular flexibility index (Phi) is 7.70. The molecule has 34 heavy (non-hydrogen) atoms. The van der Waals surface area contributed by atoms with E-state index in [0.717, 1.165) is 17.5 Å². The quantitative estimate of drug-likeness (QED) is 0.386. The van der Waals surface area contributed by atoms with E-state index in [2.05, 4.69) is 18.0 Å². The molecule has 2 amide bonds. The third-order valence-corrected chi connectivity index (χ3v) is 7.36. The number of rotatable bonds is 8. The van der Waals surface area contributed by atoms with Crippen LogP contribution in [-0.2, 0) is 11.2 Å². The molecule has 0 unspecified atom stereocenters. The molecular weight excluding hydrogens is 468 g/mol. The molecule has 1 aliphatic rings. The van der Waals surface area contributed by atoms with E-state index in [9.17, 15) is 9.59 Å². The van der Waals surface area contributed by atoms with Gasteiger partial charge in [0, 0.05) is 28.6 Å². The third kappa shape index (κ3) is 5.34. The Labute approximate surface area is 209 Å². The summed E-state index contributed by atoms with van der Waals surface area (Å²) in [4.78, 5) is 31.2. The van der Waals surface area contributed by atoms with Crippen molar-refractivity contribution < 1.29 is 14.3 Å². The van der Waals surface area contributed by atoms with Crippen molar-refractivity contribution in [2.75, 3.05) is 26.2 Å². The van der Waals surface area contributed by atoms with Crippen molar-refractivity contribution in [1.29, 1.82) is 0 Å². The molecule has 1 atom stereocenters. The molecule has 0 spiro atoms. The van der Waals surface area contributed by atoms with Crippen LogP contribution in [0.4, 0.5) is 0 Å². The number of amides is 2. The summed E-state index contributed by atoms with van der Waals surface area (Å²) in [6, 6.07) is 16.4. The highest BCUT2D eigenvalue weighted by Crippen LogP contribution is 2.34. The molecule has 0 bridgehead atoms. The minimum atomic E-state index is -0.226. The van der Waals surface area contributed by atoms with Crippen molar-refractivity contribution in [3.8, 4) is 5.75 Å². The molecule has 0 saturated heterocycles. The first kappa shape index (κ1) is 24.0. The first-order valence-electron chi connectivity index (χ1n) is 11.2. The second-order valence-electron chi connectivity index (χ2n) is 8.21. The molecule has 0 aliphatic carbocycles. The number of aryl methyl sites for hydroxylation is 1. The zero-order chi connectivity index (χ0) is 24.1. The van der Waals surface area contributed by atoms with E-state index in [1.165, 1.54) is 9.78 Å². The average molecular weight is 495 g/mol. The van der Waals surface area contributed by atoms with Gasteiger partial charge in [-0.2, -0.15) is 0 Å². The Hall–Kier alpha value is -3.09. The average Bonchev–Trinajstić information content (AvgIpc) is 3.33. The lowest BCUT2D eigenvalue weighted by atomic mass is 10.0. The normalized spacial score (nSPS) is 14.9. The van der Waals surface area contributed by atoms with Crippen LogP contribution < -0.4 is 4.74 Å². The smallest absolute Gasteiger partial charge is 0.254 e. The van der Waals surface area contributed by atoms with Crippen LogP contribution in [0.25, 0.3) is 0 Å². The molecule has 4 rings (SSSR count). The highest BCUT2D eigenvalue weighted by atomic mass is 35.5. The Balaban J connectivity index is 1.52. The maximum atomic E-state index is 13.5. The molecule has 2 aromatic carbocycles. The lowest BCUT2D eigenvalue weighted by molar-refractivity contribution is -0.135. The number of hydrogen-bond acceptors (Lipinski definition) is 4. The number of thiophene rings is 1. The predicted octanol–water partition coefficient (Wildman–Crippen LogP) is 5.54. The molecule has 7 heteroatoms. The Morgan fingerprint density at radius 2 is 2.03 bits per heavy atom. The number of carbonyl (C=O) groups excluding carboxylic acids is 2. The monoisotopic (exact) mass is 494 g/mol. The van der Waals surface area contributed by atoms with Gasteiger partial charge in [0.2, 0.25) is 5.91 Å². The zero-order valence-electron chi connectivity index (χ0n) is 19.1. The predicted molar refractivity (Wildman–Crippen MR) is 137 cm³/mol. The molecule has 0 fully saturated rings. The molecule has 5 nitrogen and oxygen atoms in total. The van der Waals surface area contributed by atoms with Crippen molar-refractivity contribution in [2.24, 2.45) is 0 Å². The molecule has 1 aliphatic heterocycles. The van der Waals surface area contributed by atoms with Gasteiger partial charge in [-0.3, -0.25) is 9.59 Å². The van der Waals surface area contributed by atoms with Crippen molar-refractivity contribution in [3.63, 3.8) is 0 Å². The van der Waals surface area contributed by atoms with Crippen molar-refractivity contribution in [3.05, 3.63) is 99.2 Å². The highest BCUT2D eigenvalue weighted by Gasteiger charge is 2.33. The molecule has 2 heterocycles. The number of fused-ring (bicyclic) bond motifs is 1. The summed E-state index contributed by atoms with van der Waals surface area (Å²) >= 11 is 7.85. The molecule has 176 valence electrons. The van der Waals surface area contributed by atoms with E-state index in [1.54, 1.807) is 29.5 Å². The first-order valence-corrected chi connectivity index (χ1v) is 12.4. The van der Waals surface area contributed by atoms with Gasteiger partial charge in [-0.25, -0.2) is 0 Å². The van der Waals surface area contributed by atoms with Crippen LogP contribution in [-0.4, -0.2) is 47.9 Å². The second kappa shape index (κ2) is 10.9. The summed E-state index contributed by atoms with van der Waals surface area (Å²) in [7, 11) is 0. The molecule has 3 aromatic rings. The van der Waals surface area contributed by atoms with Crippen molar-refractivity contribution in [1.82, 2.24) is 9.80 Å². The number of carbonyl (C=O) groups is 2. The topological polar surface area (TPSA) is 49.9 Å². The van der Waals surface area contributed by atoms with Gasteiger partial charge in [0.15, 0.2) is 0 Å². The van der Waals surface area contributed by atoms with E-state index >= 15 is 0 Å². The minimum Gasteiger partial charge on any atom is -0.491 e. The Bertz CT molecular complexity index is 1180. The van der Waals surface area contributed by atoms with E-state index in [0.29, 0.717) is 36.0 Å². The maximum absolute atomic E-state index is 13.5. The van der Waals surface area contributed by atoms with E-state index in [1.807, 2.05) is 48.2 Å². The van der Waals surface area contributed by atoms with Crippen LogP contribution in [0.15, 0.2) is 72.6 Å². The number of ether oxygens (including phenoxy) is 1. The standard InChI is InChI=1S/C27H27ClN2O3S/c1-3-13-29(27(32)20-7-5-4-6-8-20)17-26(31)30-14-11-25-22(12-15-34-25)24(30)18-33-21-9-10-23(28)19(2)16-21/h3-10,12,15-16,24H,1,11,13-14,17-18H2,2H3/t24-/m1/s1. The van der Waals surface area contributed by atoms with Crippen LogP contribution in [0.5, 0.6) is 5.75 Å². The molecule has 0 radical (unpaired) electrons. The summed E-state index contributed by atoms with van der Waals surface area (Å²) in [5.74, 6) is 0.416. The number of hydrogen-bond donors (Lipinski definition) is 0. The number of nitrogens with zero attached hydrogens (tertiary/aromatic N) is 2. The third-order valence-electron chi connectivity index (χ3n) is 5.94. The fourth-order valence-corrected chi connectivity index (χ4v) is 5.20. The lowest BCUT2D eigenvalue weighted by Crippen LogP contribution is -2.47. The molecule has 0 saturated carbocycles. The van der Waals surface area contributed by atoms with Crippen molar-refractivity contribution in [2.45, 2.75) is 19.4 Å². The van der Waals surface area contributed by atoms with E-state index in [4.69, 9.17) is 16.3 Å². The first-order chi connectivity index (χ1) is 16.5. The maximum Gasteiger partial charge on any atom is 0.254 e. The van der Waals surface area contributed by atoms with Gasteiger partial charge >= 0.3 is 0 Å². The van der Waals surface area contributed by atoms with Crippen LogP contribution in [0.3, 0.4) is 0 Å². The number of halogens is 1. The Morgan fingerprint density at radius 3 is 2.76 bits per heavy atom. The lowest BCUT2D eigenvalue weighted by Gasteiger charge is -2.37. The number of benzene rings is 2. The summed E-state index contributed by atoms with van der Waals surface area (Å²) < 4.78 is 6.11. The minimum absolute atomic E-state index is 0.0181. The molecule has 0 N–H and O–H groups in total. The molecular formula is C27H27ClN2O3S. The van der Waals surface area contributed by atoms with Gasteiger partial charge < -0.3 is 14.5 Å². The fourth-order valence-electron chi connectivity index (χ4n) is 4.15. The highest BCUT2D eigenvalue weighted by molar-refractivity contribution is 7.10. The zero-order valence-corrected chi connectivity index (χ0v) is 20.6. The summed E-state index contributed by atoms with van der Waals surface area (Å²) in [6.45, 7) is 6.88. The second-order valence-corrected chi connectivity index (χ2v) is 9.62. The van der Waals surface area contributed by atoms with Crippen molar-refractivity contribution >= 4 is 34.8 Å². The molecule has 1 aromatic heterocycles. The van der Waals surface area contributed by atoms with Crippen LogP contribution >= 0.6 is 22.9 Å². The largest absolute Gasteiger partial charge is 0.491 e. The summed E-state index contributed by atoms with van der Waals surface area (Å²) in [5.41, 5.74) is 2.60. The van der Waals surface area contributed by atoms with Gasteiger partial charge in [-0.05, 0) is 66.2 Å². The van der Waals surface area contributed by atoms with E-state index in [-0.39, 0.29) is 24.4 Å². The van der Waals surface area contributed by atoms with Crippen LogP contribution in [0.2, 0.25) is 5.02 Å². The fraction of sp³-hybridized carbons (Fsp3) is 0.259. The van der Waals surface area contributed by atoms with Crippen LogP contribution in [0.1, 0.15) is 32.4 Å².